The molecule has 0 spiro atoms. The lowest BCUT2D eigenvalue weighted by molar-refractivity contribution is -0.151. The molecule has 1 N–H and O–H groups in total. The molecule has 0 bridgehead atoms. The molecule has 0 radical (unpaired) electrons. The average molecular weight is 431 g/mol. The first-order valence-corrected chi connectivity index (χ1v) is 9.31. The van der Waals surface area contributed by atoms with Crippen LogP contribution >= 0.6 is 15.9 Å². The van der Waals surface area contributed by atoms with Gasteiger partial charge in [0.15, 0.2) is 6.61 Å². The van der Waals surface area contributed by atoms with Crippen LogP contribution in [0.15, 0.2) is 53.0 Å². The van der Waals surface area contributed by atoms with Crippen LogP contribution in [0.25, 0.3) is 0 Å². The Balaban J connectivity index is 1.51. The van der Waals surface area contributed by atoms with Gasteiger partial charge in [-0.05, 0) is 43.3 Å². The fourth-order valence-electron chi connectivity index (χ4n) is 2.82. The van der Waals surface area contributed by atoms with Crippen molar-refractivity contribution >= 4 is 45.1 Å². The van der Waals surface area contributed by atoms with Crippen molar-refractivity contribution in [3.63, 3.8) is 0 Å². The van der Waals surface area contributed by atoms with E-state index in [1.165, 1.54) is 0 Å². The normalized spacial score (nSPS) is 16.3. The van der Waals surface area contributed by atoms with Gasteiger partial charge in [0.1, 0.15) is 0 Å². The summed E-state index contributed by atoms with van der Waals surface area (Å²) in [6.07, 6.45) is 0.0779. The Morgan fingerprint density at radius 2 is 1.81 bits per heavy atom. The Morgan fingerprint density at radius 1 is 1.15 bits per heavy atom. The molecule has 2 aromatic carbocycles. The van der Waals surface area contributed by atoms with E-state index in [2.05, 4.69) is 21.2 Å². The summed E-state index contributed by atoms with van der Waals surface area (Å²) in [7, 11) is 0. The molecule has 1 atom stereocenters. The highest BCUT2D eigenvalue weighted by Gasteiger charge is 2.36. The number of ether oxygens (including phenoxy) is 1. The van der Waals surface area contributed by atoms with E-state index in [0.717, 1.165) is 15.7 Å². The van der Waals surface area contributed by atoms with E-state index in [4.69, 9.17) is 4.74 Å². The first kappa shape index (κ1) is 19.1. The molecule has 2 aromatic rings. The monoisotopic (exact) mass is 430 g/mol. The van der Waals surface area contributed by atoms with Gasteiger partial charge >= 0.3 is 5.97 Å². The lowest BCUT2D eigenvalue weighted by atomic mass is 10.1. The predicted molar refractivity (Wildman–Crippen MR) is 105 cm³/mol. The number of amides is 2. The third kappa shape index (κ3) is 4.95. The second-order valence-electron chi connectivity index (χ2n) is 6.40. The molecule has 27 heavy (non-hydrogen) atoms. The van der Waals surface area contributed by atoms with E-state index in [-0.39, 0.29) is 25.5 Å². The van der Waals surface area contributed by atoms with Crippen molar-refractivity contribution in [2.24, 2.45) is 5.92 Å². The summed E-state index contributed by atoms with van der Waals surface area (Å²) in [6.45, 7) is 1.82. The first-order chi connectivity index (χ1) is 12.9. The minimum atomic E-state index is -0.576. The lowest BCUT2D eigenvalue weighted by Crippen LogP contribution is -2.28. The van der Waals surface area contributed by atoms with Crippen LogP contribution in [-0.4, -0.2) is 30.9 Å². The first-order valence-electron chi connectivity index (χ1n) is 8.51. The van der Waals surface area contributed by atoms with E-state index < -0.39 is 17.8 Å². The van der Waals surface area contributed by atoms with Gasteiger partial charge in [0, 0.05) is 28.8 Å². The van der Waals surface area contributed by atoms with Gasteiger partial charge in [-0.15, -0.1) is 0 Å². The summed E-state index contributed by atoms with van der Waals surface area (Å²) in [5, 5.41) is 2.67. The molecule has 0 aliphatic carbocycles. The van der Waals surface area contributed by atoms with Crippen LogP contribution < -0.4 is 10.2 Å². The van der Waals surface area contributed by atoms with Crippen molar-refractivity contribution in [3.8, 4) is 0 Å². The molecule has 140 valence electrons. The quantitative estimate of drug-likeness (QED) is 0.738. The Hall–Kier alpha value is -2.67. The number of rotatable bonds is 5. The topological polar surface area (TPSA) is 75.7 Å². The van der Waals surface area contributed by atoms with Gasteiger partial charge in [0.05, 0.1) is 5.92 Å². The molecule has 6 nitrogen and oxygen atoms in total. The fraction of sp³-hybridized carbons (Fsp3) is 0.250. The molecule has 7 heteroatoms. The number of hydrogen-bond donors (Lipinski definition) is 1. The molecular formula is C20H19BrN2O4. The molecule has 0 aromatic heterocycles. The van der Waals surface area contributed by atoms with Crippen LogP contribution in [0.1, 0.15) is 12.0 Å². The van der Waals surface area contributed by atoms with Crippen molar-refractivity contribution < 1.29 is 19.1 Å². The molecule has 0 unspecified atom stereocenters. The van der Waals surface area contributed by atoms with E-state index >= 15 is 0 Å². The molecule has 1 aliphatic rings. The third-order valence-electron chi connectivity index (χ3n) is 4.28. The zero-order valence-electron chi connectivity index (χ0n) is 14.8. The Morgan fingerprint density at radius 3 is 2.48 bits per heavy atom. The Bertz CT molecular complexity index is 849. The highest BCUT2D eigenvalue weighted by Crippen LogP contribution is 2.27. The average Bonchev–Trinajstić information content (AvgIpc) is 3.04. The zero-order chi connectivity index (χ0) is 19.4. The number of nitrogens with zero attached hydrogens (tertiary/aromatic N) is 1. The van der Waals surface area contributed by atoms with Crippen molar-refractivity contribution in [3.05, 3.63) is 58.6 Å². The van der Waals surface area contributed by atoms with Gasteiger partial charge < -0.3 is 15.0 Å². The number of carbonyl (C=O) groups excluding carboxylic acids is 3. The van der Waals surface area contributed by atoms with Crippen LogP contribution in [0.4, 0.5) is 11.4 Å². The van der Waals surface area contributed by atoms with Crippen molar-refractivity contribution in [1.82, 2.24) is 0 Å². The molecule has 3 rings (SSSR count). The minimum Gasteiger partial charge on any atom is -0.455 e. The van der Waals surface area contributed by atoms with Crippen LogP contribution in [0.5, 0.6) is 0 Å². The number of benzene rings is 2. The molecular weight excluding hydrogens is 412 g/mol. The highest BCUT2D eigenvalue weighted by molar-refractivity contribution is 9.10. The maximum atomic E-state index is 12.2. The largest absolute Gasteiger partial charge is 0.455 e. The van der Waals surface area contributed by atoms with Gasteiger partial charge in [-0.1, -0.05) is 33.6 Å². The highest BCUT2D eigenvalue weighted by atomic mass is 79.9. The maximum absolute atomic E-state index is 12.2. The summed E-state index contributed by atoms with van der Waals surface area (Å²) >= 11 is 3.35. The number of hydrogen-bond acceptors (Lipinski definition) is 4. The van der Waals surface area contributed by atoms with Crippen molar-refractivity contribution in [2.75, 3.05) is 23.4 Å². The van der Waals surface area contributed by atoms with Gasteiger partial charge in [-0.25, -0.2) is 0 Å². The molecule has 1 fully saturated rings. The zero-order valence-corrected chi connectivity index (χ0v) is 16.4. The van der Waals surface area contributed by atoms with Crippen LogP contribution in [0.2, 0.25) is 0 Å². The summed E-state index contributed by atoms with van der Waals surface area (Å²) < 4.78 is 6.01. The van der Waals surface area contributed by atoms with Crippen LogP contribution in [0, 0.1) is 12.8 Å². The number of nitrogens with one attached hydrogen (secondary N) is 1. The van der Waals surface area contributed by atoms with Crippen LogP contribution in [0.3, 0.4) is 0 Å². The van der Waals surface area contributed by atoms with E-state index in [0.29, 0.717) is 5.69 Å². The number of halogens is 1. The summed E-state index contributed by atoms with van der Waals surface area (Å²) in [6, 6.07) is 14.6. The number of anilines is 2. The second kappa shape index (κ2) is 8.35. The predicted octanol–water partition coefficient (Wildman–Crippen LogP) is 3.29. The molecule has 1 saturated heterocycles. The lowest BCUT2D eigenvalue weighted by Gasteiger charge is -2.16. The van der Waals surface area contributed by atoms with Gasteiger partial charge in [0.25, 0.3) is 5.91 Å². The summed E-state index contributed by atoms with van der Waals surface area (Å²) in [5.74, 6) is -1.67. The summed E-state index contributed by atoms with van der Waals surface area (Å²) in [4.78, 5) is 37.9. The molecule has 1 aliphatic heterocycles. The maximum Gasteiger partial charge on any atom is 0.311 e. The van der Waals surface area contributed by atoms with Gasteiger partial charge in [-0.3, -0.25) is 14.4 Å². The van der Waals surface area contributed by atoms with Crippen molar-refractivity contribution in [2.45, 2.75) is 13.3 Å². The smallest absolute Gasteiger partial charge is 0.311 e. The van der Waals surface area contributed by atoms with Gasteiger partial charge in [-0.2, -0.15) is 0 Å². The molecule has 0 saturated carbocycles. The van der Waals surface area contributed by atoms with Crippen LogP contribution in [-0.2, 0) is 19.1 Å². The number of aryl methyl sites for hydroxylation is 1. The van der Waals surface area contributed by atoms with Crippen molar-refractivity contribution in [1.29, 1.82) is 0 Å². The Labute approximate surface area is 165 Å². The minimum absolute atomic E-state index is 0.0779. The van der Waals surface area contributed by atoms with E-state index in [1.54, 1.807) is 17.0 Å². The molecule has 1 heterocycles. The summed E-state index contributed by atoms with van der Waals surface area (Å²) in [5.41, 5.74) is 2.45. The number of esters is 1. The van der Waals surface area contributed by atoms with E-state index in [9.17, 15) is 14.4 Å². The van der Waals surface area contributed by atoms with Gasteiger partial charge in [0.2, 0.25) is 5.91 Å². The second-order valence-corrected chi connectivity index (χ2v) is 7.32. The SMILES string of the molecule is Cc1ccc(NC(=O)COC(=O)[C@@H]2CC(=O)N(c3ccc(Br)cc3)C2)cc1. The van der Waals surface area contributed by atoms with E-state index in [1.807, 2.05) is 43.3 Å². The third-order valence-corrected chi connectivity index (χ3v) is 4.81. The number of carbonyl (C=O) groups is 3. The standard InChI is InChI=1S/C20H19BrN2O4/c1-13-2-6-16(7-3-13)22-18(24)12-27-20(26)14-10-19(25)23(11-14)17-8-4-15(21)5-9-17/h2-9,14H,10-12H2,1H3,(H,22,24)/t14-/m1/s1. The Kier molecular flexibility index (Phi) is 5.91. The molecule has 2 amide bonds. The fourth-order valence-corrected chi connectivity index (χ4v) is 3.09.